The molecule has 0 saturated heterocycles. The number of aryl methyl sites for hydroxylation is 1. The Hall–Kier alpha value is -0.850. The van der Waals surface area contributed by atoms with Crippen LogP contribution in [0.5, 0.6) is 0 Å². The molecule has 15 heavy (non-hydrogen) atoms. The van der Waals surface area contributed by atoms with Crippen LogP contribution in [0.1, 0.15) is 58.1 Å². The second-order valence-electron chi connectivity index (χ2n) is 4.34. The van der Waals surface area contributed by atoms with Crippen LogP contribution in [0.25, 0.3) is 0 Å². The zero-order chi connectivity index (χ0) is 11.1. The van der Waals surface area contributed by atoms with Crippen LogP contribution in [0.4, 0.5) is 0 Å². The number of aromatic nitrogens is 1. The average Bonchev–Trinajstić information content (AvgIpc) is 2.29. The van der Waals surface area contributed by atoms with E-state index in [0.29, 0.717) is 5.92 Å². The van der Waals surface area contributed by atoms with Gasteiger partial charge in [-0.25, -0.2) is 4.57 Å². The lowest BCUT2D eigenvalue weighted by molar-refractivity contribution is -0.705. The molecule has 1 rings (SSSR count). The zero-order valence-electron chi connectivity index (χ0n) is 10.4. The van der Waals surface area contributed by atoms with E-state index in [9.17, 15) is 0 Å². The highest BCUT2D eigenvalue weighted by Crippen LogP contribution is 2.14. The van der Waals surface area contributed by atoms with Crippen LogP contribution in [-0.2, 0) is 6.54 Å². The maximum absolute atomic E-state index is 2.42. The first-order valence-electron chi connectivity index (χ1n) is 6.28. The van der Waals surface area contributed by atoms with E-state index in [1.54, 1.807) is 0 Å². The SMILES string of the molecule is CCCCC[n+]1ccccc1C(C)CC. The standard InChI is InChI=1S/C14H24N/c1-4-6-8-11-15-12-9-7-10-14(15)13(3)5-2/h7,9-10,12-13H,4-6,8,11H2,1-3H3/q+1. The molecule has 1 aromatic heterocycles. The molecular formula is C14H24N+. The molecule has 0 bridgehead atoms. The molecule has 0 aliphatic rings. The van der Waals surface area contributed by atoms with Crippen molar-refractivity contribution in [2.75, 3.05) is 0 Å². The Morgan fingerprint density at radius 2 is 2.00 bits per heavy atom. The average molecular weight is 206 g/mol. The van der Waals surface area contributed by atoms with E-state index < -0.39 is 0 Å². The summed E-state index contributed by atoms with van der Waals surface area (Å²) in [6, 6.07) is 6.55. The van der Waals surface area contributed by atoms with Gasteiger partial charge in [0.25, 0.3) is 0 Å². The lowest BCUT2D eigenvalue weighted by Crippen LogP contribution is -2.38. The molecular weight excluding hydrogens is 182 g/mol. The van der Waals surface area contributed by atoms with Gasteiger partial charge in [-0.2, -0.15) is 0 Å². The molecule has 84 valence electrons. The van der Waals surface area contributed by atoms with Crippen molar-refractivity contribution in [3.8, 4) is 0 Å². The van der Waals surface area contributed by atoms with Crippen molar-refractivity contribution < 1.29 is 4.57 Å². The fraction of sp³-hybridized carbons (Fsp3) is 0.643. The van der Waals surface area contributed by atoms with Gasteiger partial charge in [0.1, 0.15) is 6.54 Å². The van der Waals surface area contributed by atoms with Crippen molar-refractivity contribution in [2.24, 2.45) is 0 Å². The van der Waals surface area contributed by atoms with Crippen molar-refractivity contribution in [3.63, 3.8) is 0 Å². The Kier molecular flexibility index (Phi) is 5.38. The molecule has 0 amide bonds. The predicted molar refractivity (Wildman–Crippen MR) is 64.9 cm³/mol. The fourth-order valence-corrected chi connectivity index (χ4v) is 1.88. The van der Waals surface area contributed by atoms with E-state index in [1.165, 1.54) is 37.9 Å². The molecule has 0 N–H and O–H groups in total. The second kappa shape index (κ2) is 6.60. The normalized spacial score (nSPS) is 12.7. The van der Waals surface area contributed by atoms with E-state index in [1.807, 2.05) is 0 Å². The molecule has 1 atom stereocenters. The van der Waals surface area contributed by atoms with Gasteiger partial charge in [0.05, 0.1) is 0 Å². The van der Waals surface area contributed by atoms with Gasteiger partial charge >= 0.3 is 0 Å². The van der Waals surface area contributed by atoms with Crippen molar-refractivity contribution in [1.29, 1.82) is 0 Å². The van der Waals surface area contributed by atoms with Crippen LogP contribution in [0.2, 0.25) is 0 Å². The fourth-order valence-electron chi connectivity index (χ4n) is 1.88. The van der Waals surface area contributed by atoms with E-state index in [0.717, 1.165) is 0 Å². The van der Waals surface area contributed by atoms with E-state index in [2.05, 4.69) is 49.7 Å². The first kappa shape index (κ1) is 12.2. The number of rotatable bonds is 6. The summed E-state index contributed by atoms with van der Waals surface area (Å²) >= 11 is 0. The van der Waals surface area contributed by atoms with Crippen LogP contribution in [0, 0.1) is 0 Å². The molecule has 0 saturated carbocycles. The molecule has 1 nitrogen and oxygen atoms in total. The third kappa shape index (κ3) is 3.65. The summed E-state index contributed by atoms with van der Waals surface area (Å²) in [7, 11) is 0. The summed E-state index contributed by atoms with van der Waals surface area (Å²) in [5, 5.41) is 0. The van der Waals surface area contributed by atoms with Crippen molar-refractivity contribution in [1.82, 2.24) is 0 Å². The Balaban J connectivity index is 2.68. The Morgan fingerprint density at radius 1 is 1.20 bits per heavy atom. The number of hydrogen-bond acceptors (Lipinski definition) is 0. The molecule has 0 fully saturated rings. The third-order valence-electron chi connectivity index (χ3n) is 3.10. The zero-order valence-corrected chi connectivity index (χ0v) is 10.4. The van der Waals surface area contributed by atoms with Crippen molar-refractivity contribution in [2.45, 2.75) is 58.9 Å². The number of unbranched alkanes of at least 4 members (excludes halogenated alkanes) is 2. The smallest absolute Gasteiger partial charge is 0.184 e. The third-order valence-corrected chi connectivity index (χ3v) is 3.10. The molecule has 0 aliphatic heterocycles. The highest BCUT2D eigenvalue weighted by Gasteiger charge is 2.14. The quantitative estimate of drug-likeness (QED) is 0.494. The van der Waals surface area contributed by atoms with Crippen LogP contribution in [-0.4, -0.2) is 0 Å². The van der Waals surface area contributed by atoms with E-state index >= 15 is 0 Å². The van der Waals surface area contributed by atoms with Crippen LogP contribution in [0.3, 0.4) is 0 Å². The lowest BCUT2D eigenvalue weighted by atomic mass is 10.0. The molecule has 1 aromatic rings. The second-order valence-corrected chi connectivity index (χ2v) is 4.34. The Bertz CT molecular complexity index is 280. The Morgan fingerprint density at radius 3 is 2.67 bits per heavy atom. The summed E-state index contributed by atoms with van der Waals surface area (Å²) in [4.78, 5) is 0. The van der Waals surface area contributed by atoms with E-state index in [-0.39, 0.29) is 0 Å². The number of nitrogens with zero attached hydrogens (tertiary/aromatic N) is 1. The largest absolute Gasteiger partial charge is 0.202 e. The van der Waals surface area contributed by atoms with Gasteiger partial charge in [-0.15, -0.1) is 0 Å². The summed E-state index contributed by atoms with van der Waals surface area (Å²) < 4.78 is 2.42. The van der Waals surface area contributed by atoms with Gasteiger partial charge < -0.3 is 0 Å². The van der Waals surface area contributed by atoms with Gasteiger partial charge in [0, 0.05) is 24.5 Å². The highest BCUT2D eigenvalue weighted by atomic mass is 15.0. The number of hydrogen-bond donors (Lipinski definition) is 0. The van der Waals surface area contributed by atoms with Gasteiger partial charge in [-0.05, 0) is 12.8 Å². The molecule has 0 aliphatic carbocycles. The maximum atomic E-state index is 2.42. The summed E-state index contributed by atoms with van der Waals surface area (Å²) in [6.07, 6.45) is 7.37. The molecule has 0 radical (unpaired) electrons. The molecule has 1 heteroatoms. The summed E-state index contributed by atoms with van der Waals surface area (Å²) in [5.41, 5.74) is 1.48. The number of pyridine rings is 1. The lowest BCUT2D eigenvalue weighted by Gasteiger charge is -2.08. The van der Waals surface area contributed by atoms with Gasteiger partial charge in [-0.3, -0.25) is 0 Å². The minimum Gasteiger partial charge on any atom is -0.202 e. The van der Waals surface area contributed by atoms with Crippen LogP contribution in [0.15, 0.2) is 24.4 Å². The van der Waals surface area contributed by atoms with Gasteiger partial charge in [0.2, 0.25) is 0 Å². The Labute approximate surface area is 94.1 Å². The molecule has 0 spiro atoms. The van der Waals surface area contributed by atoms with Crippen molar-refractivity contribution in [3.05, 3.63) is 30.1 Å². The predicted octanol–water partition coefficient (Wildman–Crippen LogP) is 3.68. The molecule has 1 unspecified atom stereocenters. The van der Waals surface area contributed by atoms with Crippen LogP contribution >= 0.6 is 0 Å². The van der Waals surface area contributed by atoms with Crippen molar-refractivity contribution >= 4 is 0 Å². The molecule has 0 aromatic carbocycles. The van der Waals surface area contributed by atoms with E-state index in [4.69, 9.17) is 0 Å². The highest BCUT2D eigenvalue weighted by molar-refractivity contribution is 5.02. The minimum absolute atomic E-state index is 0.674. The van der Waals surface area contributed by atoms with Gasteiger partial charge in [-0.1, -0.05) is 33.3 Å². The monoisotopic (exact) mass is 206 g/mol. The summed E-state index contributed by atoms with van der Waals surface area (Å²) in [6.45, 7) is 8.00. The minimum atomic E-state index is 0.674. The molecule has 1 heterocycles. The summed E-state index contributed by atoms with van der Waals surface area (Å²) in [5.74, 6) is 0.674. The maximum Gasteiger partial charge on any atom is 0.184 e. The van der Waals surface area contributed by atoms with Crippen LogP contribution < -0.4 is 4.57 Å². The van der Waals surface area contributed by atoms with Gasteiger partial charge in [0.15, 0.2) is 11.9 Å². The first-order chi connectivity index (χ1) is 7.29. The first-order valence-corrected chi connectivity index (χ1v) is 6.28. The topological polar surface area (TPSA) is 3.88 Å².